The number of carbonyl (C=O) groups excluding carboxylic acids is 2. The fourth-order valence-electron chi connectivity index (χ4n) is 4.08. The summed E-state index contributed by atoms with van der Waals surface area (Å²) in [6, 6.07) is 10.2. The number of nitrogens with zero attached hydrogens (tertiary/aromatic N) is 2. The normalized spacial score (nSPS) is 13.7. The standard InChI is InChI=1S/C24H26N4O3/c1-15-17(23(30)25-2)8-7-9-19(15)27-22(29)16-11-12-18-20(14-16)26-21-10-5-3-4-6-13-28(21)24(18)31/h7-9,11-12,14H,3-6,10,13H2,1-2H3,(H,25,30)(H,27,29). The molecule has 2 amide bonds. The van der Waals surface area contributed by atoms with Gasteiger partial charge in [0.1, 0.15) is 5.82 Å². The molecular formula is C24H26N4O3. The van der Waals surface area contributed by atoms with Crippen molar-refractivity contribution in [2.45, 2.75) is 45.6 Å². The molecule has 1 aliphatic rings. The number of amides is 2. The maximum absolute atomic E-state index is 13.0. The number of rotatable bonds is 3. The molecule has 0 bridgehead atoms. The summed E-state index contributed by atoms with van der Waals surface area (Å²) in [7, 11) is 1.57. The molecule has 0 saturated heterocycles. The van der Waals surface area contributed by atoms with Crippen molar-refractivity contribution < 1.29 is 9.59 Å². The van der Waals surface area contributed by atoms with Gasteiger partial charge in [0.2, 0.25) is 0 Å². The predicted octanol–water partition coefficient (Wildman–Crippen LogP) is 3.43. The first-order chi connectivity index (χ1) is 15.0. The van der Waals surface area contributed by atoms with Crippen molar-refractivity contribution in [1.29, 1.82) is 0 Å². The fraction of sp³-hybridized carbons (Fsp3) is 0.333. The molecule has 31 heavy (non-hydrogen) atoms. The summed E-state index contributed by atoms with van der Waals surface area (Å²) >= 11 is 0. The van der Waals surface area contributed by atoms with E-state index < -0.39 is 0 Å². The highest BCUT2D eigenvalue weighted by Crippen LogP contribution is 2.21. The van der Waals surface area contributed by atoms with Gasteiger partial charge >= 0.3 is 0 Å². The minimum Gasteiger partial charge on any atom is -0.355 e. The van der Waals surface area contributed by atoms with Gasteiger partial charge in [-0.1, -0.05) is 18.9 Å². The molecule has 2 N–H and O–H groups in total. The van der Waals surface area contributed by atoms with Gasteiger partial charge in [-0.2, -0.15) is 0 Å². The SMILES string of the molecule is CNC(=O)c1cccc(NC(=O)c2ccc3c(=O)n4c(nc3c2)CCCCCC4)c1C. The Balaban J connectivity index is 1.67. The Morgan fingerprint density at radius 1 is 1.03 bits per heavy atom. The minimum atomic E-state index is -0.312. The van der Waals surface area contributed by atoms with E-state index in [9.17, 15) is 14.4 Å². The molecule has 160 valence electrons. The van der Waals surface area contributed by atoms with Crippen LogP contribution in [0.4, 0.5) is 5.69 Å². The highest BCUT2D eigenvalue weighted by atomic mass is 16.2. The van der Waals surface area contributed by atoms with Crippen LogP contribution in [0.15, 0.2) is 41.2 Å². The number of hydrogen-bond acceptors (Lipinski definition) is 4. The lowest BCUT2D eigenvalue weighted by Crippen LogP contribution is -2.26. The number of aromatic nitrogens is 2. The lowest BCUT2D eigenvalue weighted by Gasteiger charge is -2.16. The lowest BCUT2D eigenvalue weighted by molar-refractivity contribution is 0.0960. The van der Waals surface area contributed by atoms with Crippen molar-refractivity contribution in [2.24, 2.45) is 0 Å². The third-order valence-electron chi connectivity index (χ3n) is 5.88. The number of fused-ring (bicyclic) bond motifs is 2. The number of aryl methyl sites for hydroxylation is 1. The zero-order valence-electron chi connectivity index (χ0n) is 17.8. The largest absolute Gasteiger partial charge is 0.355 e. The second-order valence-electron chi connectivity index (χ2n) is 7.89. The topological polar surface area (TPSA) is 93.1 Å². The third kappa shape index (κ3) is 4.08. The smallest absolute Gasteiger partial charge is 0.261 e. The third-order valence-corrected chi connectivity index (χ3v) is 5.88. The van der Waals surface area contributed by atoms with E-state index in [1.807, 2.05) is 0 Å². The van der Waals surface area contributed by atoms with Gasteiger partial charge in [-0.3, -0.25) is 19.0 Å². The predicted molar refractivity (Wildman–Crippen MR) is 121 cm³/mol. The van der Waals surface area contributed by atoms with E-state index >= 15 is 0 Å². The van der Waals surface area contributed by atoms with Gasteiger partial charge in [0.05, 0.1) is 10.9 Å². The molecule has 7 nitrogen and oxygen atoms in total. The Morgan fingerprint density at radius 2 is 1.84 bits per heavy atom. The Kier molecular flexibility index (Phi) is 5.84. The van der Waals surface area contributed by atoms with E-state index in [4.69, 9.17) is 4.98 Å². The zero-order valence-corrected chi connectivity index (χ0v) is 17.8. The summed E-state index contributed by atoms with van der Waals surface area (Å²) < 4.78 is 1.79. The van der Waals surface area contributed by atoms with E-state index in [0.29, 0.717) is 39.8 Å². The first kappa shape index (κ1) is 20.8. The Morgan fingerprint density at radius 3 is 2.65 bits per heavy atom. The Hall–Kier alpha value is -3.48. The molecule has 2 heterocycles. The van der Waals surface area contributed by atoms with Gasteiger partial charge in [-0.05, 0) is 55.7 Å². The molecule has 0 unspecified atom stereocenters. The van der Waals surface area contributed by atoms with Crippen LogP contribution in [0.5, 0.6) is 0 Å². The molecule has 3 aromatic rings. The van der Waals surface area contributed by atoms with Crippen LogP contribution in [0.1, 0.15) is 57.8 Å². The van der Waals surface area contributed by atoms with E-state index in [1.54, 1.807) is 54.9 Å². The quantitative estimate of drug-likeness (QED) is 0.681. The van der Waals surface area contributed by atoms with E-state index in [-0.39, 0.29) is 17.4 Å². The Bertz CT molecular complexity index is 1230. The van der Waals surface area contributed by atoms with Crippen LogP contribution in [0.3, 0.4) is 0 Å². The van der Waals surface area contributed by atoms with Crippen molar-refractivity contribution in [3.63, 3.8) is 0 Å². The molecule has 2 aromatic carbocycles. The van der Waals surface area contributed by atoms with Crippen molar-refractivity contribution in [2.75, 3.05) is 12.4 Å². The average Bonchev–Trinajstić information content (AvgIpc) is 2.75. The molecule has 0 fully saturated rings. The highest BCUT2D eigenvalue weighted by molar-refractivity contribution is 6.07. The Labute approximate surface area is 180 Å². The van der Waals surface area contributed by atoms with E-state index in [2.05, 4.69) is 10.6 Å². The molecule has 1 aliphatic heterocycles. The number of hydrogen-bond donors (Lipinski definition) is 2. The molecule has 0 radical (unpaired) electrons. The molecule has 0 aliphatic carbocycles. The lowest BCUT2D eigenvalue weighted by atomic mass is 10.1. The van der Waals surface area contributed by atoms with Crippen LogP contribution < -0.4 is 16.2 Å². The molecule has 7 heteroatoms. The molecule has 1 aromatic heterocycles. The summed E-state index contributed by atoms with van der Waals surface area (Å²) in [4.78, 5) is 42.6. The summed E-state index contributed by atoms with van der Waals surface area (Å²) in [5.74, 6) is 0.275. The summed E-state index contributed by atoms with van der Waals surface area (Å²) in [5.41, 5.74) is 2.68. The first-order valence-electron chi connectivity index (χ1n) is 10.7. The fourth-order valence-corrected chi connectivity index (χ4v) is 4.08. The van der Waals surface area contributed by atoms with Crippen molar-refractivity contribution >= 4 is 28.4 Å². The number of nitrogens with one attached hydrogen (secondary N) is 2. The second kappa shape index (κ2) is 8.71. The zero-order chi connectivity index (χ0) is 22.0. The van der Waals surface area contributed by atoms with Crippen LogP contribution in [0.25, 0.3) is 10.9 Å². The van der Waals surface area contributed by atoms with Crippen LogP contribution in [-0.4, -0.2) is 28.4 Å². The van der Waals surface area contributed by atoms with Crippen molar-refractivity contribution in [3.8, 4) is 0 Å². The maximum atomic E-state index is 13.0. The van der Waals surface area contributed by atoms with E-state index in [1.165, 1.54) is 0 Å². The average molecular weight is 418 g/mol. The molecule has 0 spiro atoms. The van der Waals surface area contributed by atoms with Gasteiger partial charge in [0.25, 0.3) is 17.4 Å². The van der Waals surface area contributed by atoms with Crippen molar-refractivity contribution in [3.05, 3.63) is 69.3 Å². The van der Waals surface area contributed by atoms with Gasteiger partial charge in [0, 0.05) is 36.8 Å². The highest BCUT2D eigenvalue weighted by Gasteiger charge is 2.16. The summed E-state index contributed by atoms with van der Waals surface area (Å²) in [6.45, 7) is 2.49. The maximum Gasteiger partial charge on any atom is 0.261 e. The summed E-state index contributed by atoms with van der Waals surface area (Å²) in [6.07, 6.45) is 5.04. The second-order valence-corrected chi connectivity index (χ2v) is 7.89. The van der Waals surface area contributed by atoms with Gasteiger partial charge in [0.15, 0.2) is 0 Å². The number of benzene rings is 2. The van der Waals surface area contributed by atoms with Gasteiger partial charge < -0.3 is 10.6 Å². The summed E-state index contributed by atoms with van der Waals surface area (Å²) in [5, 5.41) is 6.00. The van der Waals surface area contributed by atoms with Crippen molar-refractivity contribution in [1.82, 2.24) is 14.9 Å². The molecule has 0 atom stereocenters. The van der Waals surface area contributed by atoms with Crippen LogP contribution in [-0.2, 0) is 13.0 Å². The number of anilines is 1. The van der Waals surface area contributed by atoms with Gasteiger partial charge in [-0.15, -0.1) is 0 Å². The molecule has 0 saturated carbocycles. The van der Waals surface area contributed by atoms with Crippen LogP contribution in [0.2, 0.25) is 0 Å². The monoisotopic (exact) mass is 418 g/mol. The number of carbonyl (C=O) groups is 2. The van der Waals surface area contributed by atoms with Crippen LogP contribution >= 0.6 is 0 Å². The van der Waals surface area contributed by atoms with Gasteiger partial charge in [-0.25, -0.2) is 4.98 Å². The van der Waals surface area contributed by atoms with Crippen LogP contribution in [0, 0.1) is 6.92 Å². The molecular weight excluding hydrogens is 392 g/mol. The minimum absolute atomic E-state index is 0.0389. The molecule has 4 rings (SSSR count). The van der Waals surface area contributed by atoms with E-state index in [0.717, 1.165) is 37.9 Å². The first-order valence-corrected chi connectivity index (χ1v) is 10.7.